The van der Waals surface area contributed by atoms with E-state index in [9.17, 15) is 9.90 Å². The van der Waals surface area contributed by atoms with Crippen LogP contribution in [0.2, 0.25) is 0 Å². The lowest BCUT2D eigenvalue weighted by molar-refractivity contribution is -0.157. The highest BCUT2D eigenvalue weighted by Crippen LogP contribution is 2.47. The number of ether oxygens (including phenoxy) is 2. The van der Waals surface area contributed by atoms with Crippen LogP contribution in [0.1, 0.15) is 18.9 Å². The number of aliphatic hydroxyl groups excluding tert-OH is 1. The maximum absolute atomic E-state index is 12.2. The summed E-state index contributed by atoms with van der Waals surface area (Å²) in [4.78, 5) is 22.6. The summed E-state index contributed by atoms with van der Waals surface area (Å²) in [5, 5.41) is 10.7. The van der Waals surface area contributed by atoms with Gasteiger partial charge in [0.05, 0.1) is 30.8 Å². The Balaban J connectivity index is 1.49. The average molecular weight is 333 g/mol. The summed E-state index contributed by atoms with van der Waals surface area (Å²) in [5.41, 5.74) is 1.05. The second-order valence-electron chi connectivity index (χ2n) is 6.99. The zero-order chi connectivity index (χ0) is 16.7. The molecule has 3 saturated heterocycles. The van der Waals surface area contributed by atoms with Crippen molar-refractivity contribution < 1.29 is 19.4 Å². The Morgan fingerprint density at radius 1 is 1.38 bits per heavy atom. The Hall–Kier alpha value is -1.57. The third kappa shape index (κ3) is 2.70. The highest BCUT2D eigenvalue weighted by Gasteiger charge is 2.58. The van der Waals surface area contributed by atoms with E-state index >= 15 is 0 Å². The van der Waals surface area contributed by atoms with Crippen LogP contribution in [0.15, 0.2) is 18.7 Å². The number of likely N-dealkylation sites (tertiary alicyclic amines) is 1. The molecule has 3 aliphatic heterocycles. The number of esters is 1. The van der Waals surface area contributed by atoms with Crippen LogP contribution in [0.25, 0.3) is 0 Å². The molecule has 1 N–H and O–H groups in total. The van der Waals surface area contributed by atoms with E-state index in [0.717, 1.165) is 25.2 Å². The fraction of sp³-hybridized carbons (Fsp3) is 0.706. The van der Waals surface area contributed by atoms with Crippen molar-refractivity contribution in [1.82, 2.24) is 14.9 Å². The van der Waals surface area contributed by atoms with E-state index in [1.165, 1.54) is 6.33 Å². The third-order valence-corrected chi connectivity index (χ3v) is 5.55. The second kappa shape index (κ2) is 6.38. The highest BCUT2D eigenvalue weighted by molar-refractivity contribution is 5.73. The average Bonchev–Trinajstić information content (AvgIpc) is 3.17. The normalized spacial score (nSPS) is 38.1. The van der Waals surface area contributed by atoms with E-state index in [1.54, 1.807) is 0 Å². The molecule has 0 spiro atoms. The molecule has 7 heteroatoms. The molecule has 0 radical (unpaired) electrons. The first-order chi connectivity index (χ1) is 11.7. The van der Waals surface area contributed by atoms with Gasteiger partial charge in [-0.25, -0.2) is 9.97 Å². The van der Waals surface area contributed by atoms with Crippen molar-refractivity contribution in [3.63, 3.8) is 0 Å². The summed E-state index contributed by atoms with van der Waals surface area (Å²) in [6.45, 7) is 4.57. The van der Waals surface area contributed by atoms with Crippen LogP contribution in [-0.4, -0.2) is 64.0 Å². The van der Waals surface area contributed by atoms with Crippen molar-refractivity contribution >= 4 is 5.97 Å². The first kappa shape index (κ1) is 15.9. The van der Waals surface area contributed by atoms with Crippen LogP contribution in [0.4, 0.5) is 0 Å². The molecule has 4 heterocycles. The quantitative estimate of drug-likeness (QED) is 0.790. The fourth-order valence-electron chi connectivity index (χ4n) is 4.56. The van der Waals surface area contributed by atoms with Crippen molar-refractivity contribution in [2.75, 3.05) is 19.7 Å². The van der Waals surface area contributed by atoms with Crippen molar-refractivity contribution in [2.24, 2.45) is 17.8 Å². The van der Waals surface area contributed by atoms with Gasteiger partial charge in [-0.05, 0) is 13.3 Å². The largest absolute Gasteiger partial charge is 0.466 e. The maximum atomic E-state index is 12.2. The summed E-state index contributed by atoms with van der Waals surface area (Å²) in [7, 11) is 0. The van der Waals surface area contributed by atoms with Crippen molar-refractivity contribution in [1.29, 1.82) is 0 Å². The molecule has 3 aliphatic rings. The first-order valence-electron chi connectivity index (χ1n) is 8.63. The van der Waals surface area contributed by atoms with Gasteiger partial charge in [-0.15, -0.1) is 0 Å². The van der Waals surface area contributed by atoms with Gasteiger partial charge in [-0.2, -0.15) is 0 Å². The number of aromatic nitrogens is 2. The van der Waals surface area contributed by atoms with Gasteiger partial charge in [-0.1, -0.05) is 0 Å². The van der Waals surface area contributed by atoms with Crippen molar-refractivity contribution in [3.05, 3.63) is 24.3 Å². The van der Waals surface area contributed by atoms with E-state index in [2.05, 4.69) is 14.9 Å². The van der Waals surface area contributed by atoms with Gasteiger partial charge in [0.25, 0.3) is 0 Å². The molecule has 6 atom stereocenters. The third-order valence-electron chi connectivity index (χ3n) is 5.55. The van der Waals surface area contributed by atoms with Crippen molar-refractivity contribution in [2.45, 2.75) is 38.2 Å². The highest BCUT2D eigenvalue weighted by atomic mass is 16.5. The van der Waals surface area contributed by atoms with Crippen LogP contribution in [0.3, 0.4) is 0 Å². The van der Waals surface area contributed by atoms with Gasteiger partial charge in [0.15, 0.2) is 0 Å². The summed E-state index contributed by atoms with van der Waals surface area (Å²) in [6, 6.07) is 0. The smallest absolute Gasteiger partial charge is 0.311 e. The molecular formula is C17H23N3O4. The van der Waals surface area contributed by atoms with Gasteiger partial charge in [0, 0.05) is 49.4 Å². The predicted octanol–water partition coefficient (Wildman–Crippen LogP) is 0.236. The minimum Gasteiger partial charge on any atom is -0.466 e. The maximum Gasteiger partial charge on any atom is 0.311 e. The standard InChI is InChI=1S/C17H23N3O4/c1-2-23-17(22)11-3-14-15(21)12-7-20(8-13(12)16(11)24-14)6-10-4-18-9-19-5-10/h4-5,9,11-16,21H,2-3,6-8H2,1H3/t11-,12+,13-,14-,15-,16+/m0/s1. The van der Waals surface area contributed by atoms with Crippen molar-refractivity contribution in [3.8, 4) is 0 Å². The lowest BCUT2D eigenvalue weighted by Crippen LogP contribution is -2.46. The number of carbonyl (C=O) groups is 1. The molecule has 2 bridgehead atoms. The minimum absolute atomic E-state index is 0.139. The number of hydrogen-bond acceptors (Lipinski definition) is 7. The van der Waals surface area contributed by atoms with E-state index in [-0.39, 0.29) is 35.9 Å². The van der Waals surface area contributed by atoms with Gasteiger partial charge >= 0.3 is 5.97 Å². The summed E-state index contributed by atoms with van der Waals surface area (Å²) < 4.78 is 11.2. The minimum atomic E-state index is -0.511. The molecule has 3 fully saturated rings. The van der Waals surface area contributed by atoms with E-state index in [4.69, 9.17) is 9.47 Å². The summed E-state index contributed by atoms with van der Waals surface area (Å²) in [5.74, 6) is -0.122. The Labute approximate surface area is 141 Å². The second-order valence-corrected chi connectivity index (χ2v) is 6.99. The Morgan fingerprint density at radius 2 is 2.12 bits per heavy atom. The van der Waals surface area contributed by atoms with E-state index < -0.39 is 6.10 Å². The SMILES string of the molecule is CCOC(=O)[C@H]1C[C@@H]2O[C@H]1[C@H]1CN(Cc3cncnc3)C[C@H]1[C@@H]2O. The number of fused-ring (bicyclic) bond motifs is 4. The Kier molecular flexibility index (Phi) is 4.24. The molecule has 0 aliphatic carbocycles. The Bertz CT molecular complexity index is 599. The van der Waals surface area contributed by atoms with Gasteiger partial charge in [0.2, 0.25) is 0 Å². The molecule has 0 amide bonds. The molecule has 130 valence electrons. The molecule has 7 nitrogen and oxygen atoms in total. The molecule has 0 unspecified atom stereocenters. The van der Waals surface area contributed by atoms with Gasteiger partial charge < -0.3 is 14.6 Å². The lowest BCUT2D eigenvalue weighted by Gasteiger charge is -2.36. The van der Waals surface area contributed by atoms with Crippen LogP contribution in [0, 0.1) is 17.8 Å². The van der Waals surface area contributed by atoms with Crippen LogP contribution >= 0.6 is 0 Å². The van der Waals surface area contributed by atoms with Crippen LogP contribution in [-0.2, 0) is 20.8 Å². The number of aliphatic hydroxyl groups is 1. The number of rotatable bonds is 4. The van der Waals surface area contributed by atoms with Gasteiger partial charge in [0.1, 0.15) is 6.33 Å². The van der Waals surface area contributed by atoms with Crippen LogP contribution in [0.5, 0.6) is 0 Å². The molecule has 0 aromatic carbocycles. The molecule has 24 heavy (non-hydrogen) atoms. The molecular weight excluding hydrogens is 310 g/mol. The first-order valence-corrected chi connectivity index (χ1v) is 8.63. The van der Waals surface area contributed by atoms with Gasteiger partial charge in [-0.3, -0.25) is 9.69 Å². The number of hydrogen-bond donors (Lipinski definition) is 1. The molecule has 1 aromatic rings. The topological polar surface area (TPSA) is 84.8 Å². The zero-order valence-electron chi connectivity index (χ0n) is 13.7. The molecule has 4 rings (SSSR count). The fourth-order valence-corrected chi connectivity index (χ4v) is 4.56. The lowest BCUT2D eigenvalue weighted by atomic mass is 9.83. The van der Waals surface area contributed by atoms with E-state index in [1.807, 2.05) is 19.3 Å². The molecule has 1 aromatic heterocycles. The molecule has 0 saturated carbocycles. The van der Waals surface area contributed by atoms with Crippen LogP contribution < -0.4 is 0 Å². The summed E-state index contributed by atoms with van der Waals surface area (Å²) >= 11 is 0. The summed E-state index contributed by atoms with van der Waals surface area (Å²) in [6.07, 6.45) is 4.83. The predicted molar refractivity (Wildman–Crippen MR) is 83.7 cm³/mol. The number of carbonyl (C=O) groups excluding carboxylic acids is 1. The van der Waals surface area contributed by atoms with E-state index in [0.29, 0.717) is 13.0 Å². The zero-order valence-corrected chi connectivity index (χ0v) is 13.7. The Morgan fingerprint density at radius 3 is 2.88 bits per heavy atom. The number of nitrogens with zero attached hydrogens (tertiary/aromatic N) is 3. The monoisotopic (exact) mass is 333 g/mol.